The molecule has 0 saturated heterocycles. The Bertz CT molecular complexity index is 717. The number of rotatable bonds is 7. The summed E-state index contributed by atoms with van der Waals surface area (Å²) in [5, 5.41) is 4.93. The average molecular weight is 382 g/mol. The summed E-state index contributed by atoms with van der Waals surface area (Å²) in [5.41, 5.74) is 0.244. The lowest BCUT2D eigenvalue weighted by molar-refractivity contribution is -0.186. The van der Waals surface area contributed by atoms with Gasteiger partial charge >= 0.3 is 18.1 Å². The molecule has 1 aromatic rings. The number of esters is 1. The molecule has 0 heterocycles. The Morgan fingerprint density at radius 3 is 2.20 bits per heavy atom. The third-order valence-corrected chi connectivity index (χ3v) is 3.98. The van der Waals surface area contributed by atoms with Gasteiger partial charge in [0.2, 0.25) is 10.0 Å². The van der Waals surface area contributed by atoms with Gasteiger partial charge in [0.15, 0.2) is 0 Å². The zero-order valence-electron chi connectivity index (χ0n) is 13.2. The van der Waals surface area contributed by atoms with Crippen molar-refractivity contribution in [2.45, 2.75) is 31.0 Å². The van der Waals surface area contributed by atoms with Gasteiger partial charge < -0.3 is 9.64 Å². The van der Waals surface area contributed by atoms with Gasteiger partial charge in [0.05, 0.1) is 17.9 Å². The number of hydrogen-bond acceptors (Lipinski definition) is 5. The van der Waals surface area contributed by atoms with E-state index >= 15 is 0 Å². The van der Waals surface area contributed by atoms with Crippen molar-refractivity contribution >= 4 is 21.9 Å². The molecule has 0 aliphatic rings. The van der Waals surface area contributed by atoms with Crippen LogP contribution >= 0.6 is 0 Å². The predicted molar refractivity (Wildman–Crippen MR) is 80.5 cm³/mol. The van der Waals surface area contributed by atoms with E-state index in [9.17, 15) is 31.2 Å². The molecular formula is C14H17F3N2O5S. The van der Waals surface area contributed by atoms with Crippen molar-refractivity contribution in [3.8, 4) is 0 Å². The maximum absolute atomic E-state index is 12.7. The molecule has 140 valence electrons. The van der Waals surface area contributed by atoms with Crippen LogP contribution in [-0.4, -0.2) is 44.5 Å². The van der Waals surface area contributed by atoms with Crippen molar-refractivity contribution in [2.24, 2.45) is 5.14 Å². The fraction of sp³-hybridized carbons (Fsp3) is 0.429. The molecule has 1 aromatic carbocycles. The van der Waals surface area contributed by atoms with Crippen LogP contribution in [0.25, 0.3) is 0 Å². The number of sulfonamides is 1. The van der Waals surface area contributed by atoms with Crippen LogP contribution in [0.15, 0.2) is 29.2 Å². The van der Waals surface area contributed by atoms with Gasteiger partial charge in [-0.25, -0.2) is 13.6 Å². The SMILES string of the molecule is CCOC(=O)CCN(Cc1ccc(S(N)(=O)=O)cc1)C(=O)C(F)(F)F. The lowest BCUT2D eigenvalue weighted by Gasteiger charge is -2.23. The first-order chi connectivity index (χ1) is 11.4. The number of hydrogen-bond donors (Lipinski definition) is 1. The lowest BCUT2D eigenvalue weighted by Crippen LogP contribution is -2.41. The highest BCUT2D eigenvalue weighted by atomic mass is 32.2. The highest BCUT2D eigenvalue weighted by Gasteiger charge is 2.42. The number of ether oxygens (including phenoxy) is 1. The summed E-state index contributed by atoms with van der Waals surface area (Å²) in [6, 6.07) is 4.71. The van der Waals surface area contributed by atoms with Crippen LogP contribution in [0.2, 0.25) is 0 Å². The molecule has 0 aliphatic carbocycles. The fourth-order valence-corrected chi connectivity index (χ4v) is 2.41. The Hall–Kier alpha value is -2.14. The smallest absolute Gasteiger partial charge is 0.466 e. The summed E-state index contributed by atoms with van der Waals surface area (Å²) in [6.45, 7) is 0.668. The number of primary sulfonamides is 1. The molecule has 11 heteroatoms. The highest BCUT2D eigenvalue weighted by Crippen LogP contribution is 2.21. The number of carbonyl (C=O) groups is 2. The molecule has 0 fully saturated rings. The van der Waals surface area contributed by atoms with E-state index in [4.69, 9.17) is 5.14 Å². The van der Waals surface area contributed by atoms with E-state index < -0.39 is 47.6 Å². The summed E-state index contributed by atoms with van der Waals surface area (Å²) in [4.78, 5) is 23.0. The monoisotopic (exact) mass is 382 g/mol. The predicted octanol–water partition coefficient (Wildman–Crippen LogP) is 1.18. The summed E-state index contributed by atoms with van der Waals surface area (Å²) >= 11 is 0. The van der Waals surface area contributed by atoms with E-state index in [2.05, 4.69) is 4.74 Å². The van der Waals surface area contributed by atoms with E-state index in [0.717, 1.165) is 12.1 Å². The van der Waals surface area contributed by atoms with E-state index in [-0.39, 0.29) is 17.1 Å². The van der Waals surface area contributed by atoms with Crippen molar-refractivity contribution < 1.29 is 35.9 Å². The molecule has 0 unspecified atom stereocenters. The standard InChI is InChI=1S/C14H17F3N2O5S/c1-2-24-12(20)7-8-19(13(21)14(15,16)17)9-10-3-5-11(6-4-10)25(18,22)23/h3-6H,2,7-9H2,1H3,(H2,18,22,23). The summed E-state index contributed by atoms with van der Waals surface area (Å²) in [7, 11) is -3.94. The molecule has 7 nitrogen and oxygen atoms in total. The molecule has 1 rings (SSSR count). The second-order valence-electron chi connectivity index (χ2n) is 4.97. The Labute approximate surface area is 142 Å². The van der Waals surface area contributed by atoms with Crippen molar-refractivity contribution in [1.29, 1.82) is 0 Å². The van der Waals surface area contributed by atoms with Crippen LogP contribution in [0.5, 0.6) is 0 Å². The van der Waals surface area contributed by atoms with Crippen molar-refractivity contribution in [1.82, 2.24) is 4.90 Å². The molecule has 0 radical (unpaired) electrons. The molecule has 0 aliphatic heterocycles. The molecule has 0 aromatic heterocycles. The second-order valence-corrected chi connectivity index (χ2v) is 6.53. The van der Waals surface area contributed by atoms with E-state index in [1.54, 1.807) is 6.92 Å². The van der Waals surface area contributed by atoms with Gasteiger partial charge in [-0.3, -0.25) is 9.59 Å². The minimum absolute atomic E-state index is 0.0705. The zero-order chi connectivity index (χ0) is 19.3. The third kappa shape index (κ3) is 6.70. The van der Waals surface area contributed by atoms with Gasteiger partial charge in [-0.2, -0.15) is 13.2 Å². The third-order valence-electron chi connectivity index (χ3n) is 3.05. The van der Waals surface area contributed by atoms with Crippen LogP contribution in [0.3, 0.4) is 0 Å². The van der Waals surface area contributed by atoms with Gasteiger partial charge in [-0.1, -0.05) is 12.1 Å². The number of benzene rings is 1. The molecular weight excluding hydrogens is 365 g/mol. The van der Waals surface area contributed by atoms with Gasteiger partial charge in [-0.05, 0) is 24.6 Å². The second kappa shape index (κ2) is 8.30. The average Bonchev–Trinajstić information content (AvgIpc) is 2.49. The first-order valence-corrected chi connectivity index (χ1v) is 8.63. The molecule has 0 atom stereocenters. The van der Waals surface area contributed by atoms with E-state index in [1.165, 1.54) is 12.1 Å². The van der Waals surface area contributed by atoms with Crippen LogP contribution < -0.4 is 5.14 Å². The number of amides is 1. The molecule has 0 saturated carbocycles. The molecule has 25 heavy (non-hydrogen) atoms. The fourth-order valence-electron chi connectivity index (χ4n) is 1.90. The number of alkyl halides is 3. The van der Waals surface area contributed by atoms with Crippen LogP contribution in [0.4, 0.5) is 13.2 Å². The maximum atomic E-state index is 12.7. The summed E-state index contributed by atoms with van der Waals surface area (Å²) in [6.07, 6.45) is -5.50. The normalized spacial score (nSPS) is 11.9. The first kappa shape index (κ1) is 20.9. The number of nitrogens with two attached hydrogens (primary N) is 1. The molecule has 2 N–H and O–H groups in total. The van der Waals surface area contributed by atoms with E-state index in [1.807, 2.05) is 0 Å². The van der Waals surface area contributed by atoms with Gasteiger partial charge in [0.25, 0.3) is 0 Å². The Morgan fingerprint density at radius 2 is 1.76 bits per heavy atom. The number of carbonyl (C=O) groups excluding carboxylic acids is 2. The van der Waals surface area contributed by atoms with Crippen LogP contribution in [0.1, 0.15) is 18.9 Å². The van der Waals surface area contributed by atoms with E-state index in [0.29, 0.717) is 4.90 Å². The lowest BCUT2D eigenvalue weighted by atomic mass is 10.2. The Kier molecular flexibility index (Phi) is 6.94. The zero-order valence-corrected chi connectivity index (χ0v) is 14.1. The molecule has 0 bridgehead atoms. The first-order valence-electron chi connectivity index (χ1n) is 7.08. The summed E-state index contributed by atoms with van der Waals surface area (Å²) in [5.74, 6) is -2.83. The van der Waals surface area contributed by atoms with Crippen molar-refractivity contribution in [3.05, 3.63) is 29.8 Å². The quantitative estimate of drug-likeness (QED) is 0.713. The Balaban J connectivity index is 2.92. The number of nitrogens with zero attached hydrogens (tertiary/aromatic N) is 1. The van der Waals surface area contributed by atoms with Crippen molar-refractivity contribution in [2.75, 3.05) is 13.2 Å². The maximum Gasteiger partial charge on any atom is 0.471 e. The Morgan fingerprint density at radius 1 is 1.20 bits per heavy atom. The van der Waals surface area contributed by atoms with Gasteiger partial charge in [0.1, 0.15) is 0 Å². The van der Waals surface area contributed by atoms with Crippen LogP contribution in [0, 0.1) is 0 Å². The van der Waals surface area contributed by atoms with Crippen LogP contribution in [-0.2, 0) is 30.9 Å². The minimum Gasteiger partial charge on any atom is -0.466 e. The topological polar surface area (TPSA) is 107 Å². The van der Waals surface area contributed by atoms with Gasteiger partial charge in [-0.15, -0.1) is 0 Å². The molecule has 0 spiro atoms. The van der Waals surface area contributed by atoms with Crippen molar-refractivity contribution in [3.63, 3.8) is 0 Å². The minimum atomic E-state index is -5.10. The highest BCUT2D eigenvalue weighted by molar-refractivity contribution is 7.89. The number of halogens is 3. The molecule has 1 amide bonds. The largest absolute Gasteiger partial charge is 0.471 e. The summed E-state index contributed by atoms with van der Waals surface area (Å²) < 4.78 is 65.0. The van der Waals surface area contributed by atoms with Gasteiger partial charge in [0, 0.05) is 13.1 Å².